The van der Waals surface area contributed by atoms with Crippen LogP contribution in [0.1, 0.15) is 0 Å². The van der Waals surface area contributed by atoms with Gasteiger partial charge in [-0.2, -0.15) is 9.35 Å². The van der Waals surface area contributed by atoms with Crippen LogP contribution in [-0.2, 0) is 0 Å². The maximum absolute atomic E-state index is 12.2. The van der Waals surface area contributed by atoms with Gasteiger partial charge >= 0.3 is 11.4 Å². The van der Waals surface area contributed by atoms with Crippen LogP contribution < -0.4 is 11.4 Å². The molecule has 0 saturated carbocycles. The van der Waals surface area contributed by atoms with Gasteiger partial charge in [0.15, 0.2) is 0 Å². The number of aromatic nitrogens is 4. The van der Waals surface area contributed by atoms with Gasteiger partial charge in [-0.25, -0.2) is 9.59 Å². The lowest BCUT2D eigenvalue weighted by Crippen LogP contribution is -2.30. The van der Waals surface area contributed by atoms with Crippen LogP contribution in [0.25, 0.3) is 22.5 Å². The van der Waals surface area contributed by atoms with Crippen molar-refractivity contribution in [3.8, 4) is 22.5 Å². The molecule has 2 aromatic heterocycles. The highest BCUT2D eigenvalue weighted by atomic mass is 16.2. The van der Waals surface area contributed by atoms with E-state index in [1.165, 1.54) is 9.35 Å². The van der Waals surface area contributed by atoms with Crippen LogP contribution >= 0.6 is 0 Å². The van der Waals surface area contributed by atoms with E-state index in [4.69, 9.17) is 0 Å². The summed E-state index contributed by atoms with van der Waals surface area (Å²) in [5.41, 5.74) is 2.29. The zero-order valence-corrected chi connectivity index (χ0v) is 12.6. The lowest BCUT2D eigenvalue weighted by Gasteiger charge is -1.99. The number of imidazole rings is 2. The number of hydrogen-bond donors (Lipinski definition) is 2. The maximum Gasteiger partial charge on any atom is 0.345 e. The molecule has 0 fully saturated rings. The number of H-pyrrole nitrogens is 2. The van der Waals surface area contributed by atoms with E-state index in [-0.39, 0.29) is 11.4 Å². The summed E-state index contributed by atoms with van der Waals surface area (Å²) in [7, 11) is 0. The Morgan fingerprint density at radius 1 is 0.583 bits per heavy atom. The molecular weight excluding hydrogens is 304 g/mol. The lowest BCUT2D eigenvalue weighted by molar-refractivity contribution is 0.609. The fraction of sp³-hybridized carbons (Fsp3) is 0. The van der Waals surface area contributed by atoms with E-state index in [1.54, 1.807) is 12.4 Å². The molecule has 2 aromatic carbocycles. The highest BCUT2D eigenvalue weighted by molar-refractivity contribution is 5.59. The van der Waals surface area contributed by atoms with Gasteiger partial charge in [-0.15, -0.1) is 0 Å². The Kier molecular flexibility index (Phi) is 3.28. The van der Waals surface area contributed by atoms with Gasteiger partial charge in [0.05, 0.1) is 23.8 Å². The van der Waals surface area contributed by atoms with Gasteiger partial charge in [-0.3, -0.25) is 0 Å². The van der Waals surface area contributed by atoms with Crippen molar-refractivity contribution in [2.75, 3.05) is 0 Å². The number of benzene rings is 2. The third-order valence-electron chi connectivity index (χ3n) is 3.80. The SMILES string of the molecule is O=c1[nH]c(-c2ccccc2)cn1-n1cc(-c2ccccc2)[nH]c1=O. The van der Waals surface area contributed by atoms with Crippen molar-refractivity contribution in [1.29, 1.82) is 0 Å². The second-order valence-electron chi connectivity index (χ2n) is 5.37. The van der Waals surface area contributed by atoms with E-state index in [0.29, 0.717) is 11.4 Å². The molecule has 0 amide bonds. The maximum atomic E-state index is 12.2. The number of nitrogens with one attached hydrogen (secondary N) is 2. The molecule has 0 aliphatic carbocycles. The molecule has 6 heteroatoms. The molecule has 0 radical (unpaired) electrons. The first kappa shape index (κ1) is 14.1. The first-order valence-electron chi connectivity index (χ1n) is 7.47. The summed E-state index contributed by atoms with van der Waals surface area (Å²) in [5, 5.41) is 0. The van der Waals surface area contributed by atoms with E-state index < -0.39 is 0 Å². The second-order valence-corrected chi connectivity index (χ2v) is 5.37. The Morgan fingerprint density at radius 2 is 0.958 bits per heavy atom. The van der Waals surface area contributed by atoms with Gasteiger partial charge < -0.3 is 9.97 Å². The Morgan fingerprint density at radius 3 is 1.33 bits per heavy atom. The highest BCUT2D eigenvalue weighted by Gasteiger charge is 2.11. The second kappa shape index (κ2) is 5.58. The van der Waals surface area contributed by atoms with Gasteiger partial charge in [0.25, 0.3) is 0 Å². The molecule has 0 spiro atoms. The van der Waals surface area contributed by atoms with Crippen LogP contribution in [0.2, 0.25) is 0 Å². The molecule has 2 N–H and O–H groups in total. The number of aromatic amines is 2. The van der Waals surface area contributed by atoms with Crippen LogP contribution in [0.5, 0.6) is 0 Å². The fourth-order valence-corrected chi connectivity index (χ4v) is 2.62. The summed E-state index contributed by atoms with van der Waals surface area (Å²) in [6.45, 7) is 0. The molecule has 4 aromatic rings. The van der Waals surface area contributed by atoms with Crippen molar-refractivity contribution in [3.05, 3.63) is 94.0 Å². The molecule has 24 heavy (non-hydrogen) atoms. The minimum Gasteiger partial charge on any atom is -0.304 e. The predicted molar refractivity (Wildman–Crippen MR) is 91.8 cm³/mol. The quantitative estimate of drug-likeness (QED) is 0.608. The largest absolute Gasteiger partial charge is 0.345 e. The van der Waals surface area contributed by atoms with Crippen molar-refractivity contribution in [2.24, 2.45) is 0 Å². The van der Waals surface area contributed by atoms with Crippen molar-refractivity contribution in [3.63, 3.8) is 0 Å². The summed E-state index contributed by atoms with van der Waals surface area (Å²) in [6, 6.07) is 18.9. The monoisotopic (exact) mass is 318 g/mol. The van der Waals surface area contributed by atoms with Gasteiger partial charge in [0, 0.05) is 0 Å². The molecule has 0 aliphatic heterocycles. The van der Waals surface area contributed by atoms with Crippen LogP contribution in [-0.4, -0.2) is 19.3 Å². The fourth-order valence-electron chi connectivity index (χ4n) is 2.62. The molecular formula is C18H14N4O2. The first-order chi connectivity index (χ1) is 11.7. The lowest BCUT2D eigenvalue weighted by atomic mass is 10.2. The number of hydrogen-bond acceptors (Lipinski definition) is 2. The third kappa shape index (κ3) is 2.40. The first-order valence-corrected chi connectivity index (χ1v) is 7.47. The molecule has 0 bridgehead atoms. The van der Waals surface area contributed by atoms with Gasteiger partial charge in [0.1, 0.15) is 0 Å². The molecule has 2 heterocycles. The molecule has 0 saturated heterocycles. The molecule has 6 nitrogen and oxygen atoms in total. The van der Waals surface area contributed by atoms with E-state index in [2.05, 4.69) is 9.97 Å². The Balaban J connectivity index is 1.81. The summed E-state index contributed by atoms with van der Waals surface area (Å²) >= 11 is 0. The topological polar surface area (TPSA) is 75.6 Å². The van der Waals surface area contributed by atoms with E-state index >= 15 is 0 Å². The van der Waals surface area contributed by atoms with Crippen LogP contribution in [0.3, 0.4) is 0 Å². The average molecular weight is 318 g/mol. The van der Waals surface area contributed by atoms with Crippen LogP contribution in [0.4, 0.5) is 0 Å². The van der Waals surface area contributed by atoms with Crippen LogP contribution in [0, 0.1) is 0 Å². The van der Waals surface area contributed by atoms with E-state index in [9.17, 15) is 9.59 Å². The molecule has 4 rings (SSSR count). The van der Waals surface area contributed by atoms with E-state index in [1.807, 2.05) is 60.7 Å². The molecule has 118 valence electrons. The van der Waals surface area contributed by atoms with Gasteiger partial charge in [-0.1, -0.05) is 60.7 Å². The molecule has 0 aliphatic rings. The Hall–Kier alpha value is -3.54. The smallest absolute Gasteiger partial charge is 0.304 e. The molecule has 0 unspecified atom stereocenters. The summed E-state index contributed by atoms with van der Waals surface area (Å²) in [5.74, 6) is 0. The summed E-state index contributed by atoms with van der Waals surface area (Å²) < 4.78 is 2.52. The minimum absolute atomic E-state index is 0.380. The van der Waals surface area contributed by atoms with Crippen molar-refractivity contribution >= 4 is 0 Å². The van der Waals surface area contributed by atoms with Crippen molar-refractivity contribution in [2.45, 2.75) is 0 Å². The number of rotatable bonds is 3. The number of nitrogens with zero attached hydrogens (tertiary/aromatic N) is 2. The van der Waals surface area contributed by atoms with Gasteiger partial charge in [0.2, 0.25) is 0 Å². The normalized spacial score (nSPS) is 10.8. The third-order valence-corrected chi connectivity index (χ3v) is 3.80. The molecule has 0 atom stereocenters. The van der Waals surface area contributed by atoms with Crippen LogP contribution in [0.15, 0.2) is 82.6 Å². The van der Waals surface area contributed by atoms with Gasteiger partial charge in [-0.05, 0) is 11.1 Å². The van der Waals surface area contributed by atoms with Crippen molar-refractivity contribution in [1.82, 2.24) is 19.3 Å². The highest BCUT2D eigenvalue weighted by Crippen LogP contribution is 2.16. The zero-order valence-electron chi connectivity index (χ0n) is 12.6. The van der Waals surface area contributed by atoms with Crippen molar-refractivity contribution < 1.29 is 0 Å². The Bertz CT molecular complexity index is 996. The minimum atomic E-state index is -0.380. The Labute approximate surface area is 136 Å². The summed E-state index contributed by atoms with van der Waals surface area (Å²) in [6.07, 6.45) is 3.23. The van der Waals surface area contributed by atoms with E-state index in [0.717, 1.165) is 11.1 Å². The predicted octanol–water partition coefficient (Wildman–Crippen LogP) is 2.31. The summed E-state index contributed by atoms with van der Waals surface area (Å²) in [4.78, 5) is 30.0. The average Bonchev–Trinajstić information content (AvgIpc) is 3.19. The zero-order chi connectivity index (χ0) is 16.5. The standard InChI is InChI=1S/C18H14N4O2/c23-17-19-15(13-7-3-1-4-8-13)11-21(17)22-12-16(20-18(22)24)14-9-5-2-6-10-14/h1-12H,(H,19,23)(H,20,24).